The summed E-state index contributed by atoms with van der Waals surface area (Å²) in [5.74, 6) is -1.69. The van der Waals surface area contributed by atoms with Crippen molar-refractivity contribution in [2.24, 2.45) is 0 Å². The van der Waals surface area contributed by atoms with E-state index in [1.807, 2.05) is 30.3 Å². The van der Waals surface area contributed by atoms with Crippen molar-refractivity contribution < 1.29 is 18.4 Å². The normalized spacial score (nSPS) is 15.8. The minimum atomic E-state index is -0.778. The molecule has 6 heteroatoms. The van der Waals surface area contributed by atoms with Gasteiger partial charge >= 0.3 is 0 Å². The first kappa shape index (κ1) is 19.9. The zero-order valence-electron chi connectivity index (χ0n) is 16.9. The second kappa shape index (κ2) is 7.89. The van der Waals surface area contributed by atoms with Gasteiger partial charge in [-0.05, 0) is 58.8 Å². The zero-order valence-corrected chi connectivity index (χ0v) is 16.9. The van der Waals surface area contributed by atoms with Crippen LogP contribution >= 0.6 is 0 Å². The molecule has 0 aliphatic carbocycles. The molecule has 0 aromatic heterocycles. The first-order valence-corrected chi connectivity index (χ1v) is 10.1. The third-order valence-electron chi connectivity index (χ3n) is 5.65. The Morgan fingerprint density at radius 3 is 2.34 bits per heavy atom. The van der Waals surface area contributed by atoms with Gasteiger partial charge in [0.2, 0.25) is 5.91 Å². The number of nitrogens with zero attached hydrogens (tertiary/aromatic N) is 1. The van der Waals surface area contributed by atoms with Crippen LogP contribution in [0.3, 0.4) is 0 Å². The largest absolute Gasteiger partial charge is 0.324 e. The fourth-order valence-electron chi connectivity index (χ4n) is 4.16. The van der Waals surface area contributed by atoms with E-state index in [9.17, 15) is 18.4 Å². The van der Waals surface area contributed by atoms with Gasteiger partial charge in [-0.1, -0.05) is 42.5 Å². The predicted molar refractivity (Wildman–Crippen MR) is 118 cm³/mol. The molecule has 1 N–H and O–H groups in total. The molecular formula is C26H18F2N2O2. The van der Waals surface area contributed by atoms with Gasteiger partial charge in [-0.25, -0.2) is 8.78 Å². The van der Waals surface area contributed by atoms with E-state index in [1.54, 1.807) is 24.3 Å². The molecule has 0 fully saturated rings. The summed E-state index contributed by atoms with van der Waals surface area (Å²) in [6.45, 7) is -0.232. The molecule has 0 saturated heterocycles. The first-order chi connectivity index (χ1) is 15.5. The minimum Gasteiger partial charge on any atom is -0.324 e. The summed E-state index contributed by atoms with van der Waals surface area (Å²) in [6, 6.07) is 21.9. The maximum Gasteiger partial charge on any atom is 0.255 e. The highest BCUT2D eigenvalue weighted by atomic mass is 19.1. The number of halogens is 2. The van der Waals surface area contributed by atoms with Crippen molar-refractivity contribution in [3.63, 3.8) is 0 Å². The second-order valence-corrected chi connectivity index (χ2v) is 7.73. The summed E-state index contributed by atoms with van der Waals surface area (Å²) < 4.78 is 27.8. The molecule has 2 amide bonds. The second-order valence-electron chi connectivity index (χ2n) is 7.73. The average molecular weight is 428 g/mol. The van der Waals surface area contributed by atoms with Crippen molar-refractivity contribution in [2.45, 2.75) is 6.04 Å². The molecule has 32 heavy (non-hydrogen) atoms. The monoisotopic (exact) mass is 428 g/mol. The molecule has 1 aliphatic rings. The Balaban J connectivity index is 1.67. The number of fused-ring (bicyclic) bond motifs is 2. The van der Waals surface area contributed by atoms with Gasteiger partial charge in [0, 0.05) is 16.8 Å². The average Bonchev–Trinajstić information content (AvgIpc) is 2.94. The highest BCUT2D eigenvalue weighted by molar-refractivity contribution is 6.03. The highest BCUT2D eigenvalue weighted by Crippen LogP contribution is 2.37. The van der Waals surface area contributed by atoms with Gasteiger partial charge in [-0.15, -0.1) is 0 Å². The van der Waals surface area contributed by atoms with Crippen LogP contribution in [0.1, 0.15) is 27.5 Å². The molecule has 158 valence electrons. The van der Waals surface area contributed by atoms with Crippen molar-refractivity contribution >= 4 is 28.3 Å². The third-order valence-corrected chi connectivity index (χ3v) is 5.65. The number of rotatable bonds is 2. The van der Waals surface area contributed by atoms with Crippen LogP contribution in [-0.2, 0) is 4.79 Å². The van der Waals surface area contributed by atoms with Gasteiger partial charge in [-0.3, -0.25) is 9.59 Å². The van der Waals surface area contributed by atoms with Crippen LogP contribution in [0.25, 0.3) is 10.8 Å². The smallest absolute Gasteiger partial charge is 0.255 e. The lowest BCUT2D eigenvalue weighted by molar-refractivity contribution is -0.117. The number of benzene rings is 4. The van der Waals surface area contributed by atoms with Gasteiger partial charge in [0.05, 0.1) is 6.04 Å². The third kappa shape index (κ3) is 3.60. The van der Waals surface area contributed by atoms with Crippen LogP contribution in [0, 0.1) is 11.6 Å². The molecule has 0 saturated carbocycles. The molecule has 0 bridgehead atoms. The van der Waals surface area contributed by atoms with Crippen LogP contribution in [0.5, 0.6) is 0 Å². The van der Waals surface area contributed by atoms with E-state index >= 15 is 0 Å². The van der Waals surface area contributed by atoms with E-state index in [4.69, 9.17) is 0 Å². The predicted octanol–water partition coefficient (Wildman–Crippen LogP) is 5.30. The molecular weight excluding hydrogens is 410 g/mol. The molecule has 4 nitrogen and oxygen atoms in total. The summed E-state index contributed by atoms with van der Waals surface area (Å²) in [4.78, 5) is 27.7. The Labute approximate surface area is 183 Å². The molecule has 4 aromatic carbocycles. The summed E-state index contributed by atoms with van der Waals surface area (Å²) in [5, 5.41) is 4.63. The quantitative estimate of drug-likeness (QED) is 0.471. The number of carbonyl (C=O) groups excluding carboxylic acids is 2. The standard InChI is InChI=1S/C26H18F2N2O2/c27-20-9-7-17(8-10-20)25-22-14-21(28)11-12-23(22)29-24(31)15-30(25)26(32)19-6-5-16-3-1-2-4-18(16)13-19/h1-14,25H,15H2,(H,29,31). The molecule has 1 unspecified atom stereocenters. The van der Waals surface area contributed by atoms with E-state index < -0.39 is 23.6 Å². The van der Waals surface area contributed by atoms with Crippen molar-refractivity contribution in [3.05, 3.63) is 113 Å². The Morgan fingerprint density at radius 1 is 0.844 bits per heavy atom. The van der Waals surface area contributed by atoms with E-state index in [1.165, 1.54) is 35.2 Å². The van der Waals surface area contributed by atoms with Gasteiger partial charge < -0.3 is 10.2 Å². The van der Waals surface area contributed by atoms with E-state index in [-0.39, 0.29) is 12.5 Å². The maximum absolute atomic E-state index is 14.2. The van der Waals surface area contributed by atoms with Gasteiger partial charge in [-0.2, -0.15) is 0 Å². The molecule has 1 heterocycles. The minimum absolute atomic E-state index is 0.232. The SMILES string of the molecule is O=C1CN(C(=O)c2ccc3ccccc3c2)C(c2ccc(F)cc2)c2cc(F)ccc2N1. The highest BCUT2D eigenvalue weighted by Gasteiger charge is 2.34. The number of hydrogen-bond acceptors (Lipinski definition) is 2. The lowest BCUT2D eigenvalue weighted by atomic mass is 9.95. The fraction of sp³-hybridized carbons (Fsp3) is 0.0769. The molecule has 1 aliphatic heterocycles. The van der Waals surface area contributed by atoms with Gasteiger partial charge in [0.15, 0.2) is 0 Å². The van der Waals surface area contributed by atoms with Crippen LogP contribution in [0.15, 0.2) is 84.9 Å². The summed E-state index contributed by atoms with van der Waals surface area (Å²) in [5.41, 5.74) is 1.82. The Hall–Kier alpha value is -4.06. The molecule has 0 spiro atoms. The number of carbonyl (C=O) groups is 2. The Morgan fingerprint density at radius 2 is 1.56 bits per heavy atom. The molecule has 5 rings (SSSR count). The van der Waals surface area contributed by atoms with Crippen molar-refractivity contribution in [2.75, 3.05) is 11.9 Å². The van der Waals surface area contributed by atoms with Crippen molar-refractivity contribution in [1.82, 2.24) is 4.90 Å². The Kier molecular flexibility index (Phi) is 4.90. The van der Waals surface area contributed by atoms with Crippen LogP contribution in [-0.4, -0.2) is 23.3 Å². The van der Waals surface area contributed by atoms with Crippen molar-refractivity contribution in [3.8, 4) is 0 Å². The van der Waals surface area contributed by atoms with Gasteiger partial charge in [0.1, 0.15) is 18.2 Å². The van der Waals surface area contributed by atoms with E-state index in [0.717, 1.165) is 10.8 Å². The van der Waals surface area contributed by atoms with E-state index in [0.29, 0.717) is 22.4 Å². The maximum atomic E-state index is 14.2. The van der Waals surface area contributed by atoms with Crippen LogP contribution in [0.2, 0.25) is 0 Å². The Bertz CT molecular complexity index is 1350. The number of anilines is 1. The summed E-state index contributed by atoms with van der Waals surface area (Å²) >= 11 is 0. The molecule has 0 radical (unpaired) electrons. The first-order valence-electron chi connectivity index (χ1n) is 10.1. The van der Waals surface area contributed by atoms with E-state index in [2.05, 4.69) is 5.32 Å². The van der Waals surface area contributed by atoms with Crippen molar-refractivity contribution in [1.29, 1.82) is 0 Å². The van der Waals surface area contributed by atoms with Crippen LogP contribution in [0.4, 0.5) is 14.5 Å². The molecule has 4 aromatic rings. The number of amides is 2. The number of hydrogen-bond donors (Lipinski definition) is 1. The lowest BCUT2D eigenvalue weighted by Gasteiger charge is -2.30. The summed E-state index contributed by atoms with van der Waals surface area (Å²) in [7, 11) is 0. The topological polar surface area (TPSA) is 49.4 Å². The fourth-order valence-corrected chi connectivity index (χ4v) is 4.16. The summed E-state index contributed by atoms with van der Waals surface area (Å²) in [6.07, 6.45) is 0. The lowest BCUT2D eigenvalue weighted by Crippen LogP contribution is -2.39. The zero-order chi connectivity index (χ0) is 22.2. The molecule has 1 atom stereocenters. The number of nitrogens with one attached hydrogen (secondary N) is 1. The van der Waals surface area contributed by atoms with Crippen LogP contribution < -0.4 is 5.32 Å². The van der Waals surface area contributed by atoms with Gasteiger partial charge in [0.25, 0.3) is 5.91 Å².